The van der Waals surface area contributed by atoms with Gasteiger partial charge in [-0.05, 0) is 5.56 Å². The zero-order chi connectivity index (χ0) is 12.7. The molecule has 1 saturated heterocycles. The van der Waals surface area contributed by atoms with Gasteiger partial charge in [-0.1, -0.05) is 52.9 Å². The van der Waals surface area contributed by atoms with Gasteiger partial charge in [-0.3, -0.25) is 0 Å². The molecule has 0 spiro atoms. The van der Waals surface area contributed by atoms with Gasteiger partial charge in [0.05, 0.1) is 9.97 Å². The Labute approximate surface area is 118 Å². The van der Waals surface area contributed by atoms with E-state index in [9.17, 15) is 9.18 Å². The normalized spacial score (nSPS) is 33.1. The topological polar surface area (TPSA) is 29.5 Å². The van der Waals surface area contributed by atoms with Crippen molar-refractivity contribution in [3.8, 4) is 0 Å². The van der Waals surface area contributed by atoms with Crippen molar-refractivity contribution in [3.05, 3.63) is 35.9 Å². The molecule has 0 bridgehead atoms. The van der Waals surface area contributed by atoms with Crippen LogP contribution >= 0.6 is 22.6 Å². The second kappa shape index (κ2) is 4.68. The summed E-state index contributed by atoms with van der Waals surface area (Å²) in [7, 11) is 0. The molecule has 1 aromatic carbocycles. The van der Waals surface area contributed by atoms with Crippen LogP contribution in [0.15, 0.2) is 30.3 Å². The number of benzene rings is 1. The Hall–Kier alpha value is -0.850. The van der Waals surface area contributed by atoms with Crippen LogP contribution in [0.25, 0.3) is 0 Å². The molecule has 5 heteroatoms. The van der Waals surface area contributed by atoms with Crippen molar-refractivity contribution >= 4 is 28.7 Å². The van der Waals surface area contributed by atoms with E-state index in [-0.39, 0.29) is 28.6 Å². The molecular weight excluding hydrogens is 348 g/mol. The highest BCUT2D eigenvalue weighted by Crippen LogP contribution is 2.48. The Morgan fingerprint density at radius 3 is 2.83 bits per heavy atom. The van der Waals surface area contributed by atoms with Gasteiger partial charge in [0.15, 0.2) is 0 Å². The van der Waals surface area contributed by atoms with Crippen molar-refractivity contribution in [2.45, 2.75) is 22.7 Å². The average molecular weight is 361 g/mol. The largest absolute Gasteiger partial charge is 0.445 e. The Balaban J connectivity index is 1.52. The second-order valence-electron chi connectivity index (χ2n) is 4.74. The highest BCUT2D eigenvalue weighted by Gasteiger charge is 2.61. The number of piperidine rings is 1. The summed E-state index contributed by atoms with van der Waals surface area (Å²) in [5, 5.41) is 0. The molecule has 2 fully saturated rings. The van der Waals surface area contributed by atoms with E-state index in [0.29, 0.717) is 6.54 Å². The fourth-order valence-corrected chi connectivity index (χ4v) is 3.98. The van der Waals surface area contributed by atoms with E-state index < -0.39 is 6.17 Å². The first-order valence-electron chi connectivity index (χ1n) is 5.94. The lowest BCUT2D eigenvalue weighted by Gasteiger charge is -2.59. The predicted octanol–water partition coefficient (Wildman–Crippen LogP) is 2.78. The molecule has 1 unspecified atom stereocenters. The minimum Gasteiger partial charge on any atom is -0.445 e. The van der Waals surface area contributed by atoms with Crippen LogP contribution in [0.4, 0.5) is 9.18 Å². The molecule has 18 heavy (non-hydrogen) atoms. The first kappa shape index (κ1) is 12.2. The van der Waals surface area contributed by atoms with E-state index in [1.54, 1.807) is 4.90 Å². The van der Waals surface area contributed by atoms with Crippen molar-refractivity contribution in [2.75, 3.05) is 6.54 Å². The Bertz CT molecular complexity index is 450. The Morgan fingerprint density at radius 1 is 1.44 bits per heavy atom. The monoisotopic (exact) mass is 361 g/mol. The van der Waals surface area contributed by atoms with Crippen molar-refractivity contribution in [3.63, 3.8) is 0 Å². The van der Waals surface area contributed by atoms with Gasteiger partial charge in [-0.25, -0.2) is 9.18 Å². The van der Waals surface area contributed by atoms with Crippen molar-refractivity contribution in [2.24, 2.45) is 5.92 Å². The first-order chi connectivity index (χ1) is 8.68. The lowest BCUT2D eigenvalue weighted by Crippen LogP contribution is -2.75. The molecule has 2 aliphatic rings. The standard InChI is InChI=1S/C13H13FINO2/c14-10-9-6-16(12(9)11(10)15)13(17)18-7-8-4-2-1-3-5-8/h1-5,9-12H,6-7H2/t9-,10+,11?,12-/m1/s1. The second-order valence-corrected chi connectivity index (χ2v) is 6.17. The van der Waals surface area contributed by atoms with Crippen LogP contribution in [0.3, 0.4) is 0 Å². The van der Waals surface area contributed by atoms with Crippen LogP contribution in [-0.4, -0.2) is 33.7 Å². The number of ether oxygens (including phenoxy) is 1. The predicted molar refractivity (Wildman–Crippen MR) is 73.3 cm³/mol. The fourth-order valence-electron chi connectivity index (χ4n) is 2.52. The van der Waals surface area contributed by atoms with Crippen LogP contribution < -0.4 is 0 Å². The summed E-state index contributed by atoms with van der Waals surface area (Å²) in [5.74, 6) is 0.0381. The van der Waals surface area contributed by atoms with E-state index >= 15 is 0 Å². The molecule has 1 heterocycles. The molecule has 0 radical (unpaired) electrons. The zero-order valence-electron chi connectivity index (χ0n) is 9.63. The van der Waals surface area contributed by atoms with Crippen LogP contribution in [-0.2, 0) is 11.3 Å². The van der Waals surface area contributed by atoms with E-state index in [1.165, 1.54) is 0 Å². The molecule has 3 rings (SSSR count). The van der Waals surface area contributed by atoms with E-state index in [1.807, 2.05) is 30.3 Å². The molecule has 4 atom stereocenters. The molecule has 0 aromatic heterocycles. The molecular formula is C13H13FINO2. The Morgan fingerprint density at radius 2 is 2.17 bits per heavy atom. The maximum Gasteiger partial charge on any atom is 0.410 e. The molecule has 96 valence electrons. The number of hydrogen-bond acceptors (Lipinski definition) is 2. The van der Waals surface area contributed by atoms with Crippen LogP contribution in [0.1, 0.15) is 5.56 Å². The minimum absolute atomic E-state index is 0.0381. The zero-order valence-corrected chi connectivity index (χ0v) is 11.8. The van der Waals surface area contributed by atoms with E-state index in [0.717, 1.165) is 5.56 Å². The van der Waals surface area contributed by atoms with Crippen molar-refractivity contribution in [1.29, 1.82) is 0 Å². The average Bonchev–Trinajstić information content (AvgIpc) is 2.36. The van der Waals surface area contributed by atoms with Gasteiger partial charge in [0.2, 0.25) is 0 Å². The lowest BCUT2D eigenvalue weighted by molar-refractivity contribution is -0.0938. The summed E-state index contributed by atoms with van der Waals surface area (Å²) in [6.45, 7) is 0.775. The van der Waals surface area contributed by atoms with E-state index in [4.69, 9.17) is 4.74 Å². The van der Waals surface area contributed by atoms with Gasteiger partial charge in [0.1, 0.15) is 12.8 Å². The van der Waals surface area contributed by atoms with Gasteiger partial charge in [0, 0.05) is 12.5 Å². The maximum absolute atomic E-state index is 13.3. The van der Waals surface area contributed by atoms with Gasteiger partial charge < -0.3 is 9.64 Å². The van der Waals surface area contributed by atoms with Gasteiger partial charge in [-0.2, -0.15) is 0 Å². The number of halogens is 2. The summed E-state index contributed by atoms with van der Waals surface area (Å²) in [6, 6.07) is 9.60. The summed E-state index contributed by atoms with van der Waals surface area (Å²) in [6.07, 6.45) is -1.08. The third-order valence-corrected chi connectivity index (χ3v) is 5.11. The van der Waals surface area contributed by atoms with Gasteiger partial charge in [-0.15, -0.1) is 0 Å². The maximum atomic E-state index is 13.3. The SMILES string of the molecule is O=C(OCc1ccccc1)N1C[C@@H]2[C@H](F)C(I)[C@@H]21. The van der Waals surface area contributed by atoms with Crippen molar-refractivity contribution in [1.82, 2.24) is 4.90 Å². The number of likely N-dealkylation sites (tertiary alicyclic amines) is 1. The number of nitrogens with zero attached hydrogens (tertiary/aromatic N) is 1. The molecule has 1 aromatic rings. The summed E-state index contributed by atoms with van der Waals surface area (Å²) < 4.78 is 18.5. The third kappa shape index (κ3) is 1.88. The highest BCUT2D eigenvalue weighted by molar-refractivity contribution is 14.1. The minimum atomic E-state index is -0.756. The summed E-state index contributed by atoms with van der Waals surface area (Å²) >= 11 is 2.08. The lowest BCUT2D eigenvalue weighted by atomic mass is 9.70. The van der Waals surface area contributed by atoms with Crippen LogP contribution in [0.2, 0.25) is 0 Å². The number of carbonyl (C=O) groups excluding carboxylic acids is 1. The molecule has 1 saturated carbocycles. The molecule has 1 amide bonds. The summed E-state index contributed by atoms with van der Waals surface area (Å²) in [5.41, 5.74) is 0.964. The van der Waals surface area contributed by atoms with Crippen molar-refractivity contribution < 1.29 is 13.9 Å². The number of carbonyl (C=O) groups is 1. The first-order valence-corrected chi connectivity index (χ1v) is 7.18. The van der Waals surface area contributed by atoms with Gasteiger partial charge in [0.25, 0.3) is 0 Å². The van der Waals surface area contributed by atoms with E-state index in [2.05, 4.69) is 22.6 Å². The number of alkyl halides is 2. The third-order valence-electron chi connectivity index (χ3n) is 3.69. The summed E-state index contributed by atoms with van der Waals surface area (Å²) in [4.78, 5) is 13.5. The van der Waals surface area contributed by atoms with Gasteiger partial charge >= 0.3 is 6.09 Å². The van der Waals surface area contributed by atoms with Crippen LogP contribution in [0.5, 0.6) is 0 Å². The number of rotatable bonds is 2. The highest BCUT2D eigenvalue weighted by atomic mass is 127. The van der Waals surface area contributed by atoms with Crippen LogP contribution in [0, 0.1) is 5.92 Å². The number of hydrogen-bond donors (Lipinski definition) is 0. The Kier molecular flexibility index (Phi) is 3.17. The fraction of sp³-hybridized carbons (Fsp3) is 0.462. The molecule has 1 aliphatic heterocycles. The molecule has 3 nitrogen and oxygen atoms in total. The molecule has 0 N–H and O–H groups in total. The molecule has 1 aliphatic carbocycles. The number of amides is 1. The smallest absolute Gasteiger partial charge is 0.410 e. The quantitative estimate of drug-likeness (QED) is 0.599. The number of fused-ring (bicyclic) bond motifs is 1.